The molecule has 9 N–H and O–H groups in total. The first kappa shape index (κ1) is 117. The molecule has 31 heteroatoms. The first-order chi connectivity index (χ1) is 57.1. The number of thiophene rings is 1. The monoisotopic (exact) mass is 1820 g/mol. The molecule has 3 aromatic heterocycles. The number of hydrazine groups is 2. The largest absolute Gasteiger partial charge is 2.00 e. The molecule has 9 heterocycles. The molecule has 6 spiro atoms. The third kappa shape index (κ3) is 36.8. The normalized spacial score (nSPS) is 25.4. The quantitative estimate of drug-likeness (QED) is 0.00806. The molecule has 0 radical (unpaired) electrons. The zero-order chi connectivity index (χ0) is 86.9. The van der Waals surface area contributed by atoms with Crippen molar-refractivity contribution in [1.29, 1.82) is 16.6 Å². The van der Waals surface area contributed by atoms with Crippen molar-refractivity contribution in [2.24, 2.45) is 37.2 Å². The first-order valence-electron chi connectivity index (χ1n) is 44.2. The van der Waals surface area contributed by atoms with Gasteiger partial charge in [0.05, 0.1) is 75.1 Å². The number of nitrogens with two attached hydrogens (primary N) is 2. The number of unbranched alkanes of at least 4 members (excludes halogenated alkanes) is 1. The van der Waals surface area contributed by atoms with E-state index in [0.717, 1.165) is 129 Å². The number of aromatic nitrogens is 4. The number of hydrogen-bond donors (Lipinski definition) is 7. The molecule has 15 rings (SSSR count). The first-order valence-corrected chi connectivity index (χ1v) is 45.4. The molecule has 6 saturated heterocycles. The van der Waals surface area contributed by atoms with Gasteiger partial charge in [0.15, 0.2) is 0 Å². The maximum absolute atomic E-state index is 12.7. The Balaban J connectivity index is 0.000000718. The summed E-state index contributed by atoms with van der Waals surface area (Å²) < 4.78 is 53.5. The number of hydrogen-bond acceptors (Lipinski definition) is 22. The van der Waals surface area contributed by atoms with Crippen LogP contribution in [0.1, 0.15) is 331 Å². The molecule has 6 aliphatic carbocycles. The summed E-state index contributed by atoms with van der Waals surface area (Å²) in [5, 5.41) is 16.4. The van der Waals surface area contributed by atoms with E-state index in [-0.39, 0.29) is 119 Å². The van der Waals surface area contributed by atoms with Crippen LogP contribution in [0, 0.1) is 28.9 Å². The van der Waals surface area contributed by atoms with Gasteiger partial charge in [-0.25, -0.2) is 41.3 Å². The van der Waals surface area contributed by atoms with E-state index in [2.05, 4.69) is 126 Å². The number of nitrogens with zero attached hydrogens (tertiary/aromatic N) is 8. The zero-order valence-corrected chi connectivity index (χ0v) is 79.8. The SMILES string of the molecule is C.C.C=CCC1(C(=O)OC(C)(C)C)CCOC2(CCCC2)C1.C=CCC1(NN)CCOC2(CCCC2)C1.C=CCC1(n2cccn2)CCOC2(CCCC2)C1.C=C[CH2-].CC(C)(C)OC(=O)NN.CN=C1CCOC2(CCCC2)C1.Cl.N=N.N=NN=NCl.O=C1CCOC2(CCCC2)C1.[Cl-].[Mg+2].c1csc(CCCCC2(n3cccn3)CCOC3(CCCC3)C2)c1. The molecule has 124 heavy (non-hydrogen) atoms. The topological polar surface area (TPSA) is 358 Å². The standard InChI is InChI=1S/C20H28N2OS.C17H28O3.C15H22N2O.C12H22N2O.C10H17NO.C9H14O2.C5H12N2O2.C3H5.2CH4.ClHN4.2ClH.Mg.H2N2/c1(7-18-8-5-16-24-18)2-9-19(22-14-6-13-21-22)12-15-23-20(17-19)10-3-4-11-20;1-5-8-16(14(18)20-15(2,3)4)11-12-19-17(13-16)9-6-7-10-17;1-2-6-14(17-11-5-10-16-17)9-12-18-15(13-14)7-3-4-8-15;1-2-5-11(14-13)8-9-15-12(10-11)6-3-4-7-12;1-11-9-4-7-12-10(8-9)5-2-3-6-10;10-8-3-6-11-9(7-8)4-1-2-5-9;1-5(2,3)9-4(8)7-6;1-3-2;;;1-3-5-4-2;;;;1-2/h5-6,8,13-14,16H,1-4,7,9-12,15,17H2;5H,1,6-13H2,2-4H3;2,5,10-11H,1,3-4,6-9,12-13H2;2,14H,1,3-10,13H2;2-8H2,1H3;1-7H2;6H2,1-3H3,(H,7,8);3H,1-2H2;2*1H4;2H;2*1H;;1-2H/q;;;;;;;-1;;;;;;+2;/p-1. The summed E-state index contributed by atoms with van der Waals surface area (Å²) in [5.74, 6) is 10.8. The summed E-state index contributed by atoms with van der Waals surface area (Å²) in [5.41, 5.74) is 21.6. The van der Waals surface area contributed by atoms with Crippen molar-refractivity contribution in [2.45, 2.75) is 394 Å². The molecule has 6 saturated carbocycles. The number of esters is 1. The molecule has 0 bridgehead atoms. The molecule has 0 aromatic carbocycles. The van der Waals surface area contributed by atoms with Crippen LogP contribution in [0.2, 0.25) is 0 Å². The Labute approximate surface area is 783 Å². The van der Waals surface area contributed by atoms with Gasteiger partial charge in [-0.1, -0.05) is 127 Å². The summed E-state index contributed by atoms with van der Waals surface area (Å²) in [4.78, 5) is 40.1. The van der Waals surface area contributed by atoms with Crippen LogP contribution in [-0.2, 0) is 65.0 Å². The number of aliphatic imine (C=N–C) groups is 1. The second-order valence-corrected chi connectivity index (χ2v) is 38.0. The predicted octanol–water partition coefficient (Wildman–Crippen LogP) is 20.1. The Morgan fingerprint density at radius 3 is 1.41 bits per heavy atom. The zero-order valence-electron chi connectivity index (χ0n) is 75.2. The van der Waals surface area contributed by atoms with E-state index >= 15 is 0 Å². The second-order valence-electron chi connectivity index (χ2n) is 36.8. The molecule has 6 aliphatic heterocycles. The Bertz CT molecular complexity index is 3520. The number of Topliss-reactive ketones (excluding diaryl/α,β-unsaturated/α-hetero) is 1. The van der Waals surface area contributed by atoms with Gasteiger partial charge >= 0.3 is 35.1 Å². The van der Waals surface area contributed by atoms with E-state index in [9.17, 15) is 14.4 Å². The van der Waals surface area contributed by atoms with E-state index in [1.807, 2.05) is 81.3 Å². The van der Waals surface area contributed by atoms with Gasteiger partial charge in [0, 0.05) is 113 Å². The van der Waals surface area contributed by atoms with Crippen molar-refractivity contribution in [3.8, 4) is 0 Å². The van der Waals surface area contributed by atoms with E-state index in [4.69, 9.17) is 66.2 Å². The minimum Gasteiger partial charge on any atom is -1.00 e. The second kappa shape index (κ2) is 58.0. The molecular formula is C93H160Cl3MgN15O11S. The Morgan fingerprint density at radius 2 is 1.02 bits per heavy atom. The third-order valence-electron chi connectivity index (χ3n) is 25.8. The smallest absolute Gasteiger partial charge is 1.00 e. The van der Waals surface area contributed by atoms with Gasteiger partial charge in [-0.2, -0.15) is 15.7 Å². The van der Waals surface area contributed by atoms with Crippen LogP contribution < -0.4 is 34.9 Å². The van der Waals surface area contributed by atoms with E-state index in [1.54, 1.807) is 20.8 Å². The van der Waals surface area contributed by atoms with Gasteiger partial charge in [0.25, 0.3) is 0 Å². The summed E-state index contributed by atoms with van der Waals surface area (Å²) >= 11 is 6.43. The number of amides is 1. The van der Waals surface area contributed by atoms with Crippen LogP contribution in [0.25, 0.3) is 0 Å². The van der Waals surface area contributed by atoms with Crippen molar-refractivity contribution in [1.82, 2.24) is 30.4 Å². The molecule has 4 unspecified atom stereocenters. The molecule has 26 nitrogen and oxygen atoms in total. The molecular weight excluding hydrogens is 1670 g/mol. The summed E-state index contributed by atoms with van der Waals surface area (Å²) in [7, 11) is 1.91. The number of ketones is 1. The minimum atomic E-state index is -0.609. The van der Waals surface area contributed by atoms with Crippen LogP contribution in [0.4, 0.5) is 4.79 Å². The maximum Gasteiger partial charge on any atom is 2.00 e. The van der Waals surface area contributed by atoms with Gasteiger partial charge in [0.1, 0.15) is 17.0 Å². The fourth-order valence-corrected chi connectivity index (χ4v) is 21.2. The van der Waals surface area contributed by atoms with Crippen molar-refractivity contribution < 1.29 is 64.7 Å². The van der Waals surface area contributed by atoms with E-state index in [1.165, 1.54) is 171 Å². The van der Waals surface area contributed by atoms with Crippen LogP contribution >= 0.6 is 35.5 Å². The van der Waals surface area contributed by atoms with E-state index < -0.39 is 22.7 Å². The maximum atomic E-state index is 12.7. The van der Waals surface area contributed by atoms with Crippen molar-refractivity contribution in [3.63, 3.8) is 0 Å². The molecule has 1 amide bonds. The molecule has 12 fully saturated rings. The Kier molecular flexibility index (Phi) is 54.8. The number of ether oxygens (including phenoxy) is 8. The van der Waals surface area contributed by atoms with Crippen LogP contribution in [0.15, 0.2) is 125 Å². The van der Waals surface area contributed by atoms with Gasteiger partial charge in [-0.05, 0) is 230 Å². The van der Waals surface area contributed by atoms with Gasteiger partial charge in [-0.15, -0.1) is 43.5 Å². The molecule has 12 aliphatic rings. The Hall–Kier alpha value is -4.89. The van der Waals surface area contributed by atoms with Gasteiger partial charge < -0.3 is 50.3 Å². The van der Waals surface area contributed by atoms with Crippen LogP contribution in [0.5, 0.6) is 0 Å². The van der Waals surface area contributed by atoms with Gasteiger partial charge in [0.2, 0.25) is 0 Å². The van der Waals surface area contributed by atoms with Crippen LogP contribution in [0.3, 0.4) is 0 Å². The predicted molar refractivity (Wildman–Crippen MR) is 499 cm³/mol. The van der Waals surface area contributed by atoms with Gasteiger partial charge in [-0.3, -0.25) is 40.6 Å². The number of nitrogens with one attached hydrogen (secondary N) is 5. The van der Waals surface area contributed by atoms with E-state index in [0.29, 0.717) is 38.3 Å². The fourth-order valence-electron chi connectivity index (χ4n) is 20.5. The summed E-state index contributed by atoms with van der Waals surface area (Å²) in [6.07, 6.45) is 63.6. The number of carbonyl (C=O) groups excluding carboxylic acids is 3. The Morgan fingerprint density at radius 1 is 0.597 bits per heavy atom. The third-order valence-corrected chi connectivity index (χ3v) is 26.8. The minimum absolute atomic E-state index is 0. The average Bonchev–Trinajstić information content (AvgIpc) is 1.50. The molecule has 4 atom stereocenters. The number of aryl methyl sites for hydroxylation is 1. The number of allylic oxidation sites excluding steroid dienone is 3. The van der Waals surface area contributed by atoms with Crippen molar-refractivity contribution in [2.75, 3.05) is 46.7 Å². The van der Waals surface area contributed by atoms with Crippen molar-refractivity contribution >= 4 is 82.1 Å². The van der Waals surface area contributed by atoms with Crippen molar-refractivity contribution in [3.05, 3.63) is 117 Å². The molecule has 3 aromatic rings. The summed E-state index contributed by atoms with van der Waals surface area (Å²) in [6, 6.07) is 8.51. The number of carbonyl (C=O) groups is 3. The molecule has 702 valence electrons. The summed E-state index contributed by atoms with van der Waals surface area (Å²) in [6.45, 7) is 34.0. The fraction of sp³-hybridized carbons (Fsp3) is 0.753. The number of rotatable bonds is 16. The average molecular weight is 1830 g/mol. The van der Waals surface area contributed by atoms with Crippen LogP contribution in [-0.4, -0.2) is 163 Å². The number of halogens is 3.